The first-order chi connectivity index (χ1) is 28.3. The SMILES string of the molecule is CC/C=C\C/C=C\C/C=C\C/C=C\CCCCCCC(=O)OC(COCCCCCCCCCCCCCCCCCCCCCC)COP(=O)(O)OCC(O)CO. The molecule has 0 aliphatic heterocycles. The zero-order valence-electron chi connectivity index (χ0n) is 37.3. The van der Waals surface area contributed by atoms with Gasteiger partial charge in [0.1, 0.15) is 12.2 Å². The molecule has 0 spiro atoms. The molecule has 3 atom stereocenters. The predicted molar refractivity (Wildman–Crippen MR) is 242 cm³/mol. The summed E-state index contributed by atoms with van der Waals surface area (Å²) in [5, 5.41) is 18.4. The van der Waals surface area contributed by atoms with Crippen molar-refractivity contribution in [1.82, 2.24) is 0 Å². The summed E-state index contributed by atoms with van der Waals surface area (Å²) in [5.74, 6) is -0.403. The van der Waals surface area contributed by atoms with Crippen LogP contribution in [-0.4, -0.2) is 66.3 Å². The Morgan fingerprint density at radius 3 is 1.48 bits per heavy atom. The molecule has 0 bridgehead atoms. The lowest BCUT2D eigenvalue weighted by Gasteiger charge is -2.20. The second kappa shape index (κ2) is 45.0. The largest absolute Gasteiger partial charge is 0.472 e. The number of aliphatic hydroxyl groups is 2. The maximum Gasteiger partial charge on any atom is 0.472 e. The van der Waals surface area contributed by atoms with Crippen molar-refractivity contribution in [2.24, 2.45) is 0 Å². The van der Waals surface area contributed by atoms with Crippen LogP contribution in [-0.2, 0) is 27.9 Å². The Morgan fingerprint density at radius 1 is 0.552 bits per heavy atom. The molecule has 0 saturated carbocycles. The number of rotatable bonds is 45. The molecule has 3 N–H and O–H groups in total. The second-order valence-electron chi connectivity index (χ2n) is 15.8. The molecule has 340 valence electrons. The van der Waals surface area contributed by atoms with E-state index in [1.165, 1.54) is 109 Å². The number of phosphoric ester groups is 1. The molecule has 0 aromatic carbocycles. The summed E-state index contributed by atoms with van der Waals surface area (Å²) in [6.45, 7) is 3.40. The molecule has 0 aliphatic carbocycles. The summed E-state index contributed by atoms with van der Waals surface area (Å²) < 4.78 is 33.4. The van der Waals surface area contributed by atoms with Crippen LogP contribution < -0.4 is 0 Å². The van der Waals surface area contributed by atoms with Crippen LogP contribution in [0.4, 0.5) is 0 Å². The summed E-state index contributed by atoms with van der Waals surface area (Å²) in [6.07, 6.45) is 50.7. The maximum atomic E-state index is 12.6. The Balaban J connectivity index is 4.13. The molecule has 58 heavy (non-hydrogen) atoms. The number of carbonyl (C=O) groups is 1. The first kappa shape index (κ1) is 56.4. The Bertz CT molecular complexity index is 1040. The average Bonchev–Trinajstić information content (AvgIpc) is 3.21. The second-order valence-corrected chi connectivity index (χ2v) is 17.2. The van der Waals surface area contributed by atoms with Crippen LogP contribution in [0.25, 0.3) is 0 Å². The minimum absolute atomic E-state index is 0.0407. The van der Waals surface area contributed by atoms with Gasteiger partial charge in [0, 0.05) is 13.0 Å². The molecule has 0 aromatic heterocycles. The molecule has 0 aliphatic rings. The third kappa shape index (κ3) is 44.0. The number of hydrogen-bond donors (Lipinski definition) is 3. The molecule has 0 rings (SSSR count). The van der Waals surface area contributed by atoms with E-state index >= 15 is 0 Å². The van der Waals surface area contributed by atoms with Gasteiger partial charge in [-0.3, -0.25) is 13.8 Å². The topological polar surface area (TPSA) is 132 Å². The molecule has 0 fully saturated rings. The molecule has 0 radical (unpaired) electrons. The van der Waals surface area contributed by atoms with E-state index in [4.69, 9.17) is 23.6 Å². The van der Waals surface area contributed by atoms with Gasteiger partial charge in [-0.25, -0.2) is 4.57 Å². The van der Waals surface area contributed by atoms with E-state index in [1.807, 2.05) is 0 Å². The van der Waals surface area contributed by atoms with E-state index < -0.39 is 39.2 Å². The van der Waals surface area contributed by atoms with Gasteiger partial charge < -0.3 is 24.6 Å². The van der Waals surface area contributed by atoms with Gasteiger partial charge in [-0.05, 0) is 51.4 Å². The van der Waals surface area contributed by atoms with Crippen molar-refractivity contribution < 1.29 is 43.0 Å². The number of ether oxygens (including phenoxy) is 2. The maximum absolute atomic E-state index is 12.6. The zero-order chi connectivity index (χ0) is 42.5. The highest BCUT2D eigenvalue weighted by Crippen LogP contribution is 2.43. The fraction of sp³-hybridized carbons (Fsp3) is 0.812. The van der Waals surface area contributed by atoms with Crippen molar-refractivity contribution in [2.45, 2.75) is 219 Å². The summed E-state index contributed by atoms with van der Waals surface area (Å²) in [4.78, 5) is 22.6. The standard InChI is InChI=1S/C48H89O9P/c1-3-5-7-9-11-13-15-17-19-21-22-23-25-27-29-31-33-35-37-39-41-54-44-47(45-56-58(52,53)55-43-46(50)42-49)57-48(51)40-38-36-34-32-30-28-26-24-20-18-16-14-12-10-8-6-4-2/h6,8,12,14,18,20,26,28,46-47,49-50H,3-5,7,9-11,13,15-17,19,21-25,27,29-45H2,1-2H3,(H,52,53)/b8-6-,14-12-,20-18-,28-26-. The fourth-order valence-electron chi connectivity index (χ4n) is 6.47. The fourth-order valence-corrected chi connectivity index (χ4v) is 7.25. The number of hydrogen-bond acceptors (Lipinski definition) is 8. The zero-order valence-corrected chi connectivity index (χ0v) is 38.2. The molecule has 0 heterocycles. The van der Waals surface area contributed by atoms with E-state index in [1.54, 1.807) is 0 Å². The van der Waals surface area contributed by atoms with Crippen molar-refractivity contribution in [3.05, 3.63) is 48.6 Å². The van der Waals surface area contributed by atoms with Gasteiger partial charge in [0.15, 0.2) is 0 Å². The van der Waals surface area contributed by atoms with Gasteiger partial charge in [0.05, 0.1) is 26.4 Å². The van der Waals surface area contributed by atoms with E-state index in [-0.39, 0.29) is 19.6 Å². The highest BCUT2D eigenvalue weighted by Gasteiger charge is 2.26. The first-order valence-electron chi connectivity index (χ1n) is 23.6. The van der Waals surface area contributed by atoms with Crippen LogP contribution in [0.15, 0.2) is 48.6 Å². The van der Waals surface area contributed by atoms with Gasteiger partial charge in [0.25, 0.3) is 0 Å². The first-order valence-corrected chi connectivity index (χ1v) is 25.1. The smallest absolute Gasteiger partial charge is 0.457 e. The molecular formula is C48H89O9P. The highest BCUT2D eigenvalue weighted by molar-refractivity contribution is 7.47. The van der Waals surface area contributed by atoms with Gasteiger partial charge in [-0.2, -0.15) is 0 Å². The van der Waals surface area contributed by atoms with Crippen molar-refractivity contribution in [3.8, 4) is 0 Å². The Morgan fingerprint density at radius 2 is 0.983 bits per heavy atom. The summed E-state index contributed by atoms with van der Waals surface area (Å²) in [7, 11) is -4.53. The van der Waals surface area contributed by atoms with Crippen molar-refractivity contribution in [3.63, 3.8) is 0 Å². The Kier molecular flexibility index (Phi) is 43.7. The lowest BCUT2D eigenvalue weighted by atomic mass is 10.0. The van der Waals surface area contributed by atoms with Gasteiger partial charge in [-0.15, -0.1) is 0 Å². The molecular weight excluding hydrogens is 751 g/mol. The predicted octanol–water partition coefficient (Wildman–Crippen LogP) is 13.4. The minimum atomic E-state index is -4.53. The van der Waals surface area contributed by atoms with Gasteiger partial charge in [0.2, 0.25) is 0 Å². The van der Waals surface area contributed by atoms with Crippen LogP contribution in [0, 0.1) is 0 Å². The van der Waals surface area contributed by atoms with E-state index in [2.05, 4.69) is 62.5 Å². The van der Waals surface area contributed by atoms with Crippen molar-refractivity contribution in [1.29, 1.82) is 0 Å². The third-order valence-corrected chi connectivity index (χ3v) is 11.0. The number of esters is 1. The van der Waals surface area contributed by atoms with Gasteiger partial charge in [-0.1, -0.05) is 197 Å². The number of phosphoric acid groups is 1. The normalized spacial score (nSPS) is 14.4. The lowest BCUT2D eigenvalue weighted by Crippen LogP contribution is -2.29. The van der Waals surface area contributed by atoms with Crippen LogP contribution in [0.2, 0.25) is 0 Å². The molecule has 3 unspecified atom stereocenters. The van der Waals surface area contributed by atoms with E-state index in [9.17, 15) is 19.4 Å². The Labute approximate surface area is 356 Å². The average molecular weight is 841 g/mol. The quantitative estimate of drug-likeness (QED) is 0.0237. The molecule has 0 saturated heterocycles. The lowest BCUT2D eigenvalue weighted by molar-refractivity contribution is -0.154. The number of carbonyl (C=O) groups excluding carboxylic acids is 1. The van der Waals surface area contributed by atoms with E-state index in [0.29, 0.717) is 13.0 Å². The van der Waals surface area contributed by atoms with Crippen molar-refractivity contribution >= 4 is 13.8 Å². The summed E-state index contributed by atoms with van der Waals surface area (Å²) >= 11 is 0. The van der Waals surface area contributed by atoms with Crippen molar-refractivity contribution in [2.75, 3.05) is 33.0 Å². The molecule has 0 amide bonds. The highest BCUT2D eigenvalue weighted by atomic mass is 31.2. The molecule has 9 nitrogen and oxygen atoms in total. The van der Waals surface area contributed by atoms with Crippen LogP contribution in [0.3, 0.4) is 0 Å². The van der Waals surface area contributed by atoms with E-state index in [0.717, 1.165) is 70.6 Å². The van der Waals surface area contributed by atoms with Gasteiger partial charge >= 0.3 is 13.8 Å². The monoisotopic (exact) mass is 841 g/mol. The molecule has 10 heteroatoms. The molecule has 0 aromatic rings. The van der Waals surface area contributed by atoms with Crippen LogP contribution >= 0.6 is 7.82 Å². The minimum Gasteiger partial charge on any atom is -0.457 e. The summed E-state index contributed by atoms with van der Waals surface area (Å²) in [5.41, 5.74) is 0. The third-order valence-electron chi connectivity index (χ3n) is 10.0. The summed E-state index contributed by atoms with van der Waals surface area (Å²) in [6, 6.07) is 0. The van der Waals surface area contributed by atoms with Crippen LogP contribution in [0.1, 0.15) is 206 Å². The number of unbranched alkanes of at least 4 members (excludes halogenated alkanes) is 23. The number of allylic oxidation sites excluding steroid dienone is 8. The Hall–Kier alpha value is -1.58. The number of aliphatic hydroxyl groups excluding tert-OH is 2. The van der Waals surface area contributed by atoms with Crippen LogP contribution in [0.5, 0.6) is 0 Å².